The van der Waals surface area contributed by atoms with Crippen molar-refractivity contribution < 1.29 is 57.0 Å². The van der Waals surface area contributed by atoms with Crippen LogP contribution in [-0.4, -0.2) is 98.5 Å². The molecule has 0 aliphatic carbocycles. The van der Waals surface area contributed by atoms with E-state index in [1.165, 1.54) is 6.92 Å². The van der Waals surface area contributed by atoms with E-state index < -0.39 is 109 Å². The number of nitrogens with one attached hydrogen (secondary N) is 5. The maximum Gasteiger partial charge on any atom is 0.408 e. The van der Waals surface area contributed by atoms with E-state index in [1.54, 1.807) is 58.0 Å². The monoisotopic (exact) mass is 695 g/mol. The molecule has 1 aromatic carbocycles. The molecule has 4 unspecified atom stereocenters. The summed E-state index contributed by atoms with van der Waals surface area (Å²) >= 11 is 0. The van der Waals surface area contributed by atoms with Crippen molar-refractivity contribution in [2.75, 3.05) is 20.9 Å². The van der Waals surface area contributed by atoms with Crippen LogP contribution in [0.15, 0.2) is 30.3 Å². The van der Waals surface area contributed by atoms with Crippen LogP contribution in [0.4, 0.5) is 9.18 Å². The molecule has 0 fully saturated rings. The third-order valence-corrected chi connectivity index (χ3v) is 7.10. The lowest BCUT2D eigenvalue weighted by molar-refractivity contribution is -0.144. The van der Waals surface area contributed by atoms with Crippen molar-refractivity contribution in [2.45, 2.75) is 84.3 Å². The molecule has 49 heavy (non-hydrogen) atoms. The average molecular weight is 696 g/mol. The second-order valence-electron chi connectivity index (χ2n) is 11.7. The number of esters is 2. The Kier molecular flexibility index (Phi) is 18.0. The van der Waals surface area contributed by atoms with E-state index in [9.17, 15) is 42.7 Å². The first-order valence-corrected chi connectivity index (χ1v) is 15.4. The molecule has 0 saturated heterocycles. The van der Waals surface area contributed by atoms with Crippen LogP contribution in [0.3, 0.4) is 0 Å². The van der Waals surface area contributed by atoms with Gasteiger partial charge in [-0.1, -0.05) is 58.0 Å². The fraction of sp³-hybridized carbons (Fsp3) is 0.562. The van der Waals surface area contributed by atoms with Crippen LogP contribution >= 0.6 is 0 Å². The number of halogens is 1. The van der Waals surface area contributed by atoms with Crippen LogP contribution in [0.25, 0.3) is 0 Å². The number of Topliss-reactive ketones (excluding diaryl/α,β-unsaturated/α-hetero) is 1. The Morgan fingerprint density at radius 2 is 1.12 bits per heavy atom. The van der Waals surface area contributed by atoms with Crippen molar-refractivity contribution in [1.29, 1.82) is 0 Å². The molecule has 1 aromatic rings. The number of methoxy groups -OCH3 is 2. The molecule has 0 spiro atoms. The Bertz CT molecular complexity index is 1330. The molecule has 16 nitrogen and oxygen atoms in total. The van der Waals surface area contributed by atoms with Crippen LogP contribution < -0.4 is 26.6 Å². The lowest BCUT2D eigenvalue weighted by Crippen LogP contribution is -2.60. The molecule has 0 heterocycles. The lowest BCUT2D eigenvalue weighted by atomic mass is 10.0. The van der Waals surface area contributed by atoms with Gasteiger partial charge in [-0.15, -0.1) is 0 Å². The standard InChI is InChI=1S/C32H46FN5O11/c1-17(2)26(30(44)34-19(5)28(42)35-21(23(39)15-33)13-24(40)47-6)37-29(43)22(14-25(41)48-7)36-31(45)27(18(3)4)38-32(46)49-16-20-11-9-8-10-12-20/h8-12,17-19,21-22,26-27H,13-16H2,1-7H3,(H,34,44)(H,35,42)(H,36,45)(H,37,43)(H,38,46)/t19?,21-,22?,26?,27?/m0/s1. The summed E-state index contributed by atoms with van der Waals surface area (Å²) in [7, 11) is 2.13. The summed E-state index contributed by atoms with van der Waals surface area (Å²) in [5.74, 6) is -7.44. The minimum atomic E-state index is -1.55. The van der Waals surface area contributed by atoms with Gasteiger partial charge in [0.2, 0.25) is 23.6 Å². The molecule has 1 rings (SSSR count). The highest BCUT2D eigenvalue weighted by Crippen LogP contribution is 2.09. The van der Waals surface area contributed by atoms with Gasteiger partial charge in [0.25, 0.3) is 0 Å². The summed E-state index contributed by atoms with van der Waals surface area (Å²) in [5, 5.41) is 11.9. The van der Waals surface area contributed by atoms with Crippen LogP contribution in [0, 0.1) is 11.8 Å². The lowest BCUT2D eigenvalue weighted by Gasteiger charge is -2.28. The van der Waals surface area contributed by atoms with Crippen LogP contribution in [-0.2, 0) is 54.4 Å². The van der Waals surface area contributed by atoms with Crippen molar-refractivity contribution in [1.82, 2.24) is 26.6 Å². The molecule has 5 amide bonds. The van der Waals surface area contributed by atoms with Gasteiger partial charge in [0.05, 0.1) is 27.1 Å². The topological polar surface area (TPSA) is 224 Å². The molecule has 5 N–H and O–H groups in total. The van der Waals surface area contributed by atoms with Gasteiger partial charge < -0.3 is 40.8 Å². The highest BCUT2D eigenvalue weighted by molar-refractivity contribution is 5.98. The molecule has 0 bridgehead atoms. The van der Waals surface area contributed by atoms with Gasteiger partial charge in [0, 0.05) is 0 Å². The fourth-order valence-electron chi connectivity index (χ4n) is 4.19. The molecule has 272 valence electrons. The van der Waals surface area contributed by atoms with E-state index >= 15 is 0 Å². The van der Waals surface area contributed by atoms with Gasteiger partial charge in [0.1, 0.15) is 43.5 Å². The minimum absolute atomic E-state index is 0.0603. The number of alkyl carbamates (subject to hydrolysis) is 1. The number of rotatable bonds is 19. The van der Waals surface area contributed by atoms with Gasteiger partial charge >= 0.3 is 18.0 Å². The van der Waals surface area contributed by atoms with Crippen molar-refractivity contribution in [3.63, 3.8) is 0 Å². The maximum atomic E-state index is 13.4. The summed E-state index contributed by atoms with van der Waals surface area (Å²) in [6.45, 7) is 6.17. The number of carbonyl (C=O) groups excluding carboxylic acids is 8. The highest BCUT2D eigenvalue weighted by atomic mass is 19.1. The summed E-state index contributed by atoms with van der Waals surface area (Å²) in [4.78, 5) is 101. The third kappa shape index (κ3) is 14.7. The van der Waals surface area contributed by atoms with Crippen molar-refractivity contribution in [3.05, 3.63) is 35.9 Å². The van der Waals surface area contributed by atoms with Crippen LogP contribution in [0.1, 0.15) is 53.0 Å². The zero-order chi connectivity index (χ0) is 37.3. The van der Waals surface area contributed by atoms with E-state index in [2.05, 4.69) is 36.1 Å². The number of hydrogen-bond donors (Lipinski definition) is 5. The van der Waals surface area contributed by atoms with Gasteiger partial charge in [-0.3, -0.25) is 33.6 Å². The third-order valence-electron chi connectivity index (χ3n) is 7.10. The second-order valence-corrected chi connectivity index (χ2v) is 11.7. The quantitative estimate of drug-likeness (QED) is 0.0972. The predicted octanol–water partition coefficient (Wildman–Crippen LogP) is 0.217. The molecule has 0 aliphatic rings. The number of alkyl halides is 1. The maximum absolute atomic E-state index is 13.4. The van der Waals surface area contributed by atoms with Crippen molar-refractivity contribution in [3.8, 4) is 0 Å². The van der Waals surface area contributed by atoms with Crippen molar-refractivity contribution in [2.24, 2.45) is 11.8 Å². The molecule has 0 aromatic heterocycles. The molecule has 0 radical (unpaired) electrons. The Morgan fingerprint density at radius 3 is 1.63 bits per heavy atom. The minimum Gasteiger partial charge on any atom is -0.469 e. The zero-order valence-electron chi connectivity index (χ0n) is 28.6. The number of ketones is 1. The predicted molar refractivity (Wildman–Crippen MR) is 171 cm³/mol. The summed E-state index contributed by atoms with van der Waals surface area (Å²) in [6, 6.07) is 1.93. The van der Waals surface area contributed by atoms with Gasteiger partial charge in [-0.05, 0) is 24.3 Å². The number of hydrogen-bond acceptors (Lipinski definition) is 11. The Hall–Kier alpha value is -5.09. The molecule has 0 aliphatic heterocycles. The Morgan fingerprint density at radius 1 is 0.633 bits per heavy atom. The highest BCUT2D eigenvalue weighted by Gasteiger charge is 2.34. The summed E-state index contributed by atoms with van der Waals surface area (Å²) in [6.07, 6.45) is -2.16. The van der Waals surface area contributed by atoms with E-state index in [-0.39, 0.29) is 6.61 Å². The normalized spacial score (nSPS) is 13.8. The van der Waals surface area contributed by atoms with Crippen LogP contribution in [0.2, 0.25) is 0 Å². The first-order valence-electron chi connectivity index (χ1n) is 15.4. The average Bonchev–Trinajstić information content (AvgIpc) is 3.06. The molecular weight excluding hydrogens is 649 g/mol. The second kappa shape index (κ2) is 21.0. The number of ether oxygens (including phenoxy) is 3. The first kappa shape index (κ1) is 41.9. The molecule has 5 atom stereocenters. The first-order chi connectivity index (χ1) is 23.0. The number of benzene rings is 1. The molecule has 0 saturated carbocycles. The van der Waals surface area contributed by atoms with Crippen molar-refractivity contribution >= 4 is 47.4 Å². The van der Waals surface area contributed by atoms with E-state index in [4.69, 9.17) is 4.74 Å². The molecule has 17 heteroatoms. The Balaban J connectivity index is 3.03. The smallest absolute Gasteiger partial charge is 0.408 e. The van der Waals surface area contributed by atoms with Gasteiger partial charge in [-0.2, -0.15) is 0 Å². The molecular formula is C32H46FN5O11. The van der Waals surface area contributed by atoms with E-state index in [1.807, 2.05) is 0 Å². The largest absolute Gasteiger partial charge is 0.469 e. The van der Waals surface area contributed by atoms with Gasteiger partial charge in [0.15, 0.2) is 5.78 Å². The SMILES string of the molecule is COC(=O)CC(NC(=O)C(NC(=O)OCc1ccccc1)C(C)C)C(=O)NC(C(=O)NC(C)C(=O)N[C@@H](CC(=O)OC)C(=O)CF)C(C)C. The zero-order valence-corrected chi connectivity index (χ0v) is 28.6. The van der Waals surface area contributed by atoms with E-state index in [0.29, 0.717) is 5.56 Å². The number of carbonyl (C=O) groups is 8. The van der Waals surface area contributed by atoms with Gasteiger partial charge in [-0.25, -0.2) is 9.18 Å². The summed E-state index contributed by atoms with van der Waals surface area (Å²) in [5.41, 5.74) is 0.714. The fourth-order valence-corrected chi connectivity index (χ4v) is 4.19. The van der Waals surface area contributed by atoms with E-state index in [0.717, 1.165) is 14.2 Å². The Labute approximate surface area is 283 Å². The summed E-state index contributed by atoms with van der Waals surface area (Å²) < 4.78 is 27.3. The number of amides is 5. The van der Waals surface area contributed by atoms with Crippen LogP contribution in [0.5, 0.6) is 0 Å².